The summed E-state index contributed by atoms with van der Waals surface area (Å²) in [6.45, 7) is 0. The van der Waals surface area contributed by atoms with Crippen LogP contribution in [-0.4, -0.2) is 5.97 Å². The molecule has 90 valence electrons. The molecule has 0 bridgehead atoms. The van der Waals surface area contributed by atoms with Crippen LogP contribution in [0.3, 0.4) is 0 Å². The lowest BCUT2D eigenvalue weighted by Crippen LogP contribution is -2.18. The lowest BCUT2D eigenvalue weighted by atomic mass is 10.2. The maximum atomic E-state index is 11.9. The Bertz CT molecular complexity index is 547. The largest absolute Gasteiger partial charge is 0.412 e. The smallest absolute Gasteiger partial charge is 0.397 e. The molecular formula is C14H10O4. The molecule has 0 aromatic heterocycles. The van der Waals surface area contributed by atoms with E-state index in [0.717, 1.165) is 0 Å². The van der Waals surface area contributed by atoms with E-state index >= 15 is 0 Å². The van der Waals surface area contributed by atoms with Gasteiger partial charge in [0.25, 0.3) is 0 Å². The van der Waals surface area contributed by atoms with Crippen molar-refractivity contribution in [3.63, 3.8) is 0 Å². The maximum Gasteiger partial charge on any atom is 0.412 e. The van der Waals surface area contributed by atoms with Crippen molar-refractivity contribution in [1.29, 1.82) is 0 Å². The SMILES string of the molecule is O=C(OC1(c2ccccc2)OO1)c1ccccc1. The number of benzene rings is 2. The summed E-state index contributed by atoms with van der Waals surface area (Å²) < 4.78 is 5.24. The molecule has 0 aliphatic carbocycles. The molecule has 18 heavy (non-hydrogen) atoms. The van der Waals surface area contributed by atoms with Gasteiger partial charge in [0, 0.05) is 0 Å². The van der Waals surface area contributed by atoms with Crippen molar-refractivity contribution in [2.24, 2.45) is 0 Å². The van der Waals surface area contributed by atoms with Crippen LogP contribution in [0.4, 0.5) is 0 Å². The van der Waals surface area contributed by atoms with Crippen molar-refractivity contribution in [3.05, 3.63) is 71.8 Å². The second-order valence-electron chi connectivity index (χ2n) is 3.84. The van der Waals surface area contributed by atoms with E-state index in [2.05, 4.69) is 0 Å². The molecule has 0 spiro atoms. The van der Waals surface area contributed by atoms with Gasteiger partial charge in [-0.15, -0.1) is 9.78 Å². The van der Waals surface area contributed by atoms with Crippen molar-refractivity contribution >= 4 is 5.97 Å². The lowest BCUT2D eigenvalue weighted by Gasteiger charge is -2.08. The molecule has 1 saturated heterocycles. The van der Waals surface area contributed by atoms with Gasteiger partial charge in [0.2, 0.25) is 0 Å². The third kappa shape index (κ3) is 1.99. The number of hydrogen-bond donors (Lipinski definition) is 0. The zero-order chi connectivity index (χ0) is 12.4. The van der Waals surface area contributed by atoms with Gasteiger partial charge in [0.05, 0.1) is 11.1 Å². The normalized spacial score (nSPS) is 16.0. The van der Waals surface area contributed by atoms with Crippen LogP contribution in [0.15, 0.2) is 60.7 Å². The minimum absolute atomic E-state index is 0.451. The highest BCUT2D eigenvalue weighted by Gasteiger charge is 2.56. The number of carbonyl (C=O) groups excluding carboxylic acids is 1. The summed E-state index contributed by atoms with van der Waals surface area (Å²) in [6.07, 6.45) is 0. The van der Waals surface area contributed by atoms with Crippen molar-refractivity contribution in [2.75, 3.05) is 0 Å². The summed E-state index contributed by atoms with van der Waals surface area (Å²) in [4.78, 5) is 21.6. The van der Waals surface area contributed by atoms with Crippen molar-refractivity contribution in [3.8, 4) is 0 Å². The summed E-state index contributed by atoms with van der Waals surface area (Å²) in [5, 5.41) is 0. The average molecular weight is 242 g/mol. The molecule has 0 N–H and O–H groups in total. The molecule has 1 aliphatic rings. The van der Waals surface area contributed by atoms with Crippen LogP contribution >= 0.6 is 0 Å². The molecule has 3 rings (SSSR count). The quantitative estimate of drug-likeness (QED) is 0.471. The highest BCUT2D eigenvalue weighted by molar-refractivity contribution is 5.89. The van der Waals surface area contributed by atoms with E-state index in [0.29, 0.717) is 11.1 Å². The fourth-order valence-corrected chi connectivity index (χ4v) is 1.62. The van der Waals surface area contributed by atoms with Crippen LogP contribution in [0.5, 0.6) is 0 Å². The fourth-order valence-electron chi connectivity index (χ4n) is 1.62. The summed E-state index contributed by atoms with van der Waals surface area (Å²) in [5.74, 6) is -1.87. The Kier molecular flexibility index (Phi) is 2.59. The fraction of sp³-hybridized carbons (Fsp3) is 0.0714. The first-order chi connectivity index (χ1) is 8.80. The summed E-state index contributed by atoms with van der Waals surface area (Å²) in [7, 11) is 0. The summed E-state index contributed by atoms with van der Waals surface area (Å²) in [5.41, 5.74) is 1.10. The molecule has 1 heterocycles. The lowest BCUT2D eigenvalue weighted by molar-refractivity contribution is -0.0279. The van der Waals surface area contributed by atoms with Crippen LogP contribution in [0.1, 0.15) is 15.9 Å². The average Bonchev–Trinajstić information content (AvgIpc) is 3.22. The molecule has 0 amide bonds. The first-order valence-electron chi connectivity index (χ1n) is 5.51. The van der Waals surface area contributed by atoms with Crippen LogP contribution in [-0.2, 0) is 20.5 Å². The van der Waals surface area contributed by atoms with E-state index in [1.54, 1.807) is 36.4 Å². The van der Waals surface area contributed by atoms with Gasteiger partial charge in [0.1, 0.15) is 0 Å². The Labute approximate surface area is 104 Å². The van der Waals surface area contributed by atoms with Gasteiger partial charge in [-0.1, -0.05) is 36.4 Å². The first-order valence-corrected chi connectivity index (χ1v) is 5.51. The molecule has 0 saturated carbocycles. The molecule has 2 aromatic carbocycles. The second-order valence-corrected chi connectivity index (χ2v) is 3.84. The van der Waals surface area contributed by atoms with Crippen molar-refractivity contribution in [1.82, 2.24) is 0 Å². The molecular weight excluding hydrogens is 232 g/mol. The highest BCUT2D eigenvalue weighted by atomic mass is 17.5. The van der Waals surface area contributed by atoms with Gasteiger partial charge in [0.15, 0.2) is 0 Å². The second kappa shape index (κ2) is 4.25. The van der Waals surface area contributed by atoms with E-state index in [1.807, 2.05) is 24.3 Å². The van der Waals surface area contributed by atoms with Gasteiger partial charge in [-0.05, 0) is 24.3 Å². The van der Waals surface area contributed by atoms with Crippen molar-refractivity contribution in [2.45, 2.75) is 5.97 Å². The monoisotopic (exact) mass is 242 g/mol. The van der Waals surface area contributed by atoms with Crippen molar-refractivity contribution < 1.29 is 19.3 Å². The minimum atomic E-state index is -1.38. The van der Waals surface area contributed by atoms with Gasteiger partial charge >= 0.3 is 11.9 Å². The molecule has 4 heteroatoms. The maximum absolute atomic E-state index is 11.9. The predicted molar refractivity (Wildman–Crippen MR) is 62.1 cm³/mol. The Morgan fingerprint density at radius 1 is 0.889 bits per heavy atom. The van der Waals surface area contributed by atoms with Gasteiger partial charge in [-0.25, -0.2) is 4.79 Å². The Hall–Kier alpha value is -2.17. The van der Waals surface area contributed by atoms with Crippen LogP contribution in [0, 0.1) is 0 Å². The van der Waals surface area contributed by atoms with Crippen LogP contribution in [0.25, 0.3) is 0 Å². The topological polar surface area (TPSA) is 51.4 Å². The predicted octanol–water partition coefficient (Wildman–Crippen LogP) is 2.62. The molecule has 1 aliphatic heterocycles. The van der Waals surface area contributed by atoms with E-state index in [4.69, 9.17) is 14.5 Å². The first kappa shape index (κ1) is 11.0. The molecule has 4 nitrogen and oxygen atoms in total. The van der Waals surface area contributed by atoms with E-state index < -0.39 is 11.9 Å². The third-order valence-electron chi connectivity index (χ3n) is 2.60. The van der Waals surface area contributed by atoms with E-state index in [-0.39, 0.29) is 0 Å². The molecule has 1 fully saturated rings. The van der Waals surface area contributed by atoms with Gasteiger partial charge in [-0.2, -0.15) is 0 Å². The van der Waals surface area contributed by atoms with Crippen LogP contribution in [0.2, 0.25) is 0 Å². The molecule has 0 unspecified atom stereocenters. The number of carbonyl (C=O) groups is 1. The summed E-state index contributed by atoms with van der Waals surface area (Å²) >= 11 is 0. The molecule has 0 radical (unpaired) electrons. The zero-order valence-corrected chi connectivity index (χ0v) is 9.41. The standard InChI is InChI=1S/C14H10O4/c15-13(11-7-3-1-4-8-11)16-14(17-18-14)12-9-5-2-6-10-12/h1-10H. The Morgan fingerprint density at radius 3 is 2.00 bits per heavy atom. The molecule has 2 aromatic rings. The number of rotatable bonds is 3. The minimum Gasteiger partial charge on any atom is -0.397 e. The zero-order valence-electron chi connectivity index (χ0n) is 9.41. The van der Waals surface area contributed by atoms with Gasteiger partial charge in [-0.3, -0.25) is 0 Å². The summed E-state index contributed by atoms with van der Waals surface area (Å²) in [6, 6.07) is 17.7. The number of esters is 1. The molecule has 0 atom stereocenters. The van der Waals surface area contributed by atoms with Gasteiger partial charge < -0.3 is 4.74 Å². The number of hydrogen-bond acceptors (Lipinski definition) is 4. The Balaban J connectivity index is 1.80. The van der Waals surface area contributed by atoms with E-state index in [1.165, 1.54) is 0 Å². The van der Waals surface area contributed by atoms with Crippen LogP contribution < -0.4 is 0 Å². The van der Waals surface area contributed by atoms with E-state index in [9.17, 15) is 4.79 Å². The number of ether oxygens (including phenoxy) is 1. The third-order valence-corrected chi connectivity index (χ3v) is 2.60. The highest BCUT2D eigenvalue weighted by Crippen LogP contribution is 2.42. The Morgan fingerprint density at radius 2 is 1.44 bits per heavy atom.